The van der Waals surface area contributed by atoms with Crippen LogP contribution in [0.2, 0.25) is 0 Å². The number of aromatic nitrogens is 1. The van der Waals surface area contributed by atoms with E-state index in [2.05, 4.69) is 29.7 Å². The van der Waals surface area contributed by atoms with Crippen LogP contribution in [0.1, 0.15) is 35.6 Å². The molecule has 1 aromatic heterocycles. The Bertz CT molecular complexity index is 1060. The van der Waals surface area contributed by atoms with Crippen molar-refractivity contribution in [3.63, 3.8) is 0 Å². The number of rotatable bonds is 8. The van der Waals surface area contributed by atoms with Crippen molar-refractivity contribution in [3.05, 3.63) is 80.9 Å². The molecule has 0 saturated carbocycles. The molecule has 1 aliphatic carbocycles. The van der Waals surface area contributed by atoms with Crippen molar-refractivity contribution in [2.24, 2.45) is 0 Å². The Balaban J connectivity index is 1.62. The van der Waals surface area contributed by atoms with E-state index in [1.54, 1.807) is 12.1 Å². The molecule has 1 aliphatic rings. The van der Waals surface area contributed by atoms with E-state index in [0.29, 0.717) is 19.6 Å². The minimum atomic E-state index is -0.237. The van der Waals surface area contributed by atoms with Crippen LogP contribution in [-0.4, -0.2) is 17.7 Å². The Morgan fingerprint density at radius 2 is 1.76 bits per heavy atom. The first kappa shape index (κ1) is 19.8. The predicted octanol–water partition coefficient (Wildman–Crippen LogP) is 3.53. The molecule has 2 aromatic carbocycles. The second-order valence-electron chi connectivity index (χ2n) is 7.74. The van der Waals surface area contributed by atoms with Crippen molar-refractivity contribution in [1.29, 1.82) is 0 Å². The highest BCUT2D eigenvalue weighted by atomic mass is 19.1. The number of fused-ring (bicyclic) bond motifs is 2. The highest BCUT2D eigenvalue weighted by Gasteiger charge is 2.15. The number of hydrogen-bond acceptors (Lipinski definition) is 3. The van der Waals surface area contributed by atoms with E-state index in [4.69, 9.17) is 0 Å². The van der Waals surface area contributed by atoms with Crippen LogP contribution in [0, 0.1) is 5.82 Å². The van der Waals surface area contributed by atoms with Gasteiger partial charge in [0.05, 0.1) is 5.52 Å². The van der Waals surface area contributed by atoms with Gasteiger partial charge in [-0.2, -0.15) is 0 Å². The zero-order chi connectivity index (χ0) is 20.2. The standard InChI is InChI=1S/C24H28FN3O/c1-2-26-10-11-28-23-14-19-5-3-4-18(19)12-20(23)13-21(24(28)29)16-27-15-17-6-8-22(25)9-7-17/h6-9,12-14,26-27H,2-5,10-11,15-16H2,1H3. The van der Waals surface area contributed by atoms with Gasteiger partial charge in [0.15, 0.2) is 0 Å². The number of benzene rings is 2. The Hall–Kier alpha value is -2.50. The van der Waals surface area contributed by atoms with Gasteiger partial charge in [0, 0.05) is 31.7 Å². The van der Waals surface area contributed by atoms with Gasteiger partial charge in [-0.25, -0.2) is 4.39 Å². The fourth-order valence-electron chi connectivity index (χ4n) is 4.17. The maximum Gasteiger partial charge on any atom is 0.255 e. The molecule has 0 atom stereocenters. The Labute approximate surface area is 170 Å². The molecule has 152 valence electrons. The zero-order valence-corrected chi connectivity index (χ0v) is 16.9. The van der Waals surface area contributed by atoms with E-state index >= 15 is 0 Å². The third-order valence-corrected chi connectivity index (χ3v) is 5.70. The smallest absolute Gasteiger partial charge is 0.255 e. The van der Waals surface area contributed by atoms with Gasteiger partial charge in [0.1, 0.15) is 5.82 Å². The second-order valence-corrected chi connectivity index (χ2v) is 7.74. The molecule has 1 heterocycles. The fraction of sp³-hybridized carbons (Fsp3) is 0.375. The minimum absolute atomic E-state index is 0.0694. The van der Waals surface area contributed by atoms with E-state index in [1.807, 2.05) is 10.6 Å². The maximum atomic E-state index is 13.2. The highest BCUT2D eigenvalue weighted by Crippen LogP contribution is 2.27. The average Bonchev–Trinajstić information content (AvgIpc) is 3.18. The first-order valence-corrected chi connectivity index (χ1v) is 10.5. The van der Waals surface area contributed by atoms with Gasteiger partial charge in [0.2, 0.25) is 0 Å². The van der Waals surface area contributed by atoms with E-state index in [0.717, 1.165) is 48.0 Å². The van der Waals surface area contributed by atoms with Crippen LogP contribution in [0.3, 0.4) is 0 Å². The number of pyridine rings is 1. The summed E-state index contributed by atoms with van der Waals surface area (Å²) in [6.45, 7) is 5.48. The summed E-state index contributed by atoms with van der Waals surface area (Å²) < 4.78 is 15.0. The number of hydrogen-bond donors (Lipinski definition) is 2. The van der Waals surface area contributed by atoms with Gasteiger partial charge in [-0.15, -0.1) is 0 Å². The molecule has 0 unspecified atom stereocenters. The van der Waals surface area contributed by atoms with Crippen LogP contribution >= 0.6 is 0 Å². The van der Waals surface area contributed by atoms with Crippen molar-refractivity contribution >= 4 is 10.9 Å². The lowest BCUT2D eigenvalue weighted by Gasteiger charge is -2.15. The van der Waals surface area contributed by atoms with Gasteiger partial charge in [0.25, 0.3) is 5.56 Å². The summed E-state index contributed by atoms with van der Waals surface area (Å²) in [5.41, 5.74) is 5.68. The molecule has 5 heteroatoms. The number of halogens is 1. The summed E-state index contributed by atoms with van der Waals surface area (Å²) in [7, 11) is 0. The summed E-state index contributed by atoms with van der Waals surface area (Å²) in [6, 6.07) is 13.0. The minimum Gasteiger partial charge on any atom is -0.315 e. The zero-order valence-electron chi connectivity index (χ0n) is 16.9. The van der Waals surface area contributed by atoms with Crippen LogP contribution in [0.15, 0.2) is 47.3 Å². The molecule has 0 bridgehead atoms. The van der Waals surface area contributed by atoms with Gasteiger partial charge in [-0.1, -0.05) is 19.1 Å². The van der Waals surface area contributed by atoms with Crippen molar-refractivity contribution < 1.29 is 4.39 Å². The SMILES string of the molecule is CCNCCn1c(=O)c(CNCc2ccc(F)cc2)cc2cc3c(cc21)CCC3. The summed E-state index contributed by atoms with van der Waals surface area (Å²) in [6.07, 6.45) is 3.42. The van der Waals surface area contributed by atoms with E-state index in [-0.39, 0.29) is 11.4 Å². The number of nitrogens with zero attached hydrogens (tertiary/aromatic N) is 1. The van der Waals surface area contributed by atoms with Gasteiger partial charge < -0.3 is 15.2 Å². The van der Waals surface area contributed by atoms with Crippen molar-refractivity contribution in [3.8, 4) is 0 Å². The summed E-state index contributed by atoms with van der Waals surface area (Å²) in [5, 5.41) is 7.80. The van der Waals surface area contributed by atoms with Crippen molar-refractivity contribution in [2.75, 3.05) is 13.1 Å². The highest BCUT2D eigenvalue weighted by molar-refractivity contribution is 5.82. The number of aryl methyl sites for hydroxylation is 2. The van der Waals surface area contributed by atoms with Crippen LogP contribution < -0.4 is 16.2 Å². The number of likely N-dealkylation sites (N-methyl/N-ethyl adjacent to an activating group) is 1. The molecule has 0 saturated heterocycles. The van der Waals surface area contributed by atoms with E-state index in [1.165, 1.54) is 29.7 Å². The molecule has 4 rings (SSSR count). The van der Waals surface area contributed by atoms with Gasteiger partial charge >= 0.3 is 0 Å². The molecule has 3 aromatic rings. The Morgan fingerprint density at radius 1 is 1.00 bits per heavy atom. The van der Waals surface area contributed by atoms with Crippen LogP contribution in [0.4, 0.5) is 4.39 Å². The summed E-state index contributed by atoms with van der Waals surface area (Å²) in [4.78, 5) is 13.2. The third-order valence-electron chi connectivity index (χ3n) is 5.70. The summed E-state index contributed by atoms with van der Waals surface area (Å²) >= 11 is 0. The molecule has 4 nitrogen and oxygen atoms in total. The molecule has 29 heavy (non-hydrogen) atoms. The average molecular weight is 394 g/mol. The van der Waals surface area contributed by atoms with Crippen molar-refractivity contribution in [1.82, 2.24) is 15.2 Å². The fourth-order valence-corrected chi connectivity index (χ4v) is 4.17. The number of nitrogens with one attached hydrogen (secondary N) is 2. The third kappa shape index (κ3) is 4.41. The normalized spacial score (nSPS) is 13.2. The quantitative estimate of drug-likeness (QED) is 0.576. The lowest BCUT2D eigenvalue weighted by molar-refractivity contribution is 0.603. The molecule has 0 fully saturated rings. The molecular formula is C24H28FN3O. The molecule has 0 amide bonds. The predicted molar refractivity (Wildman–Crippen MR) is 116 cm³/mol. The molecule has 0 aliphatic heterocycles. The van der Waals surface area contributed by atoms with Crippen LogP contribution in [-0.2, 0) is 32.5 Å². The van der Waals surface area contributed by atoms with Gasteiger partial charge in [-0.3, -0.25) is 4.79 Å². The monoisotopic (exact) mass is 393 g/mol. The van der Waals surface area contributed by atoms with E-state index in [9.17, 15) is 9.18 Å². The van der Waals surface area contributed by atoms with Crippen LogP contribution in [0.5, 0.6) is 0 Å². The largest absolute Gasteiger partial charge is 0.315 e. The second kappa shape index (κ2) is 8.89. The Morgan fingerprint density at radius 3 is 2.52 bits per heavy atom. The van der Waals surface area contributed by atoms with Gasteiger partial charge in [-0.05, 0) is 78.2 Å². The molecular weight excluding hydrogens is 365 g/mol. The lowest BCUT2D eigenvalue weighted by Crippen LogP contribution is -2.31. The Kier molecular flexibility index (Phi) is 6.07. The topological polar surface area (TPSA) is 46.1 Å². The first-order valence-electron chi connectivity index (χ1n) is 10.5. The van der Waals surface area contributed by atoms with Crippen LogP contribution in [0.25, 0.3) is 10.9 Å². The maximum absolute atomic E-state index is 13.2. The lowest BCUT2D eigenvalue weighted by atomic mass is 10.0. The summed E-state index contributed by atoms with van der Waals surface area (Å²) in [5.74, 6) is -0.237. The van der Waals surface area contributed by atoms with Crippen molar-refractivity contribution in [2.45, 2.75) is 45.8 Å². The first-order chi connectivity index (χ1) is 14.2. The van der Waals surface area contributed by atoms with E-state index < -0.39 is 0 Å². The molecule has 0 radical (unpaired) electrons. The molecule has 0 spiro atoms. The molecule has 2 N–H and O–H groups in total.